The highest BCUT2D eigenvalue weighted by Crippen LogP contribution is 2.29. The van der Waals surface area contributed by atoms with E-state index in [-0.39, 0.29) is 18.4 Å². The summed E-state index contributed by atoms with van der Waals surface area (Å²) in [4.78, 5) is 31.7. The number of para-hydroxylation sites is 1. The van der Waals surface area contributed by atoms with Crippen LogP contribution >= 0.6 is 11.3 Å². The van der Waals surface area contributed by atoms with Crippen LogP contribution in [0.5, 0.6) is 5.75 Å². The summed E-state index contributed by atoms with van der Waals surface area (Å²) in [5, 5.41) is 3.34. The van der Waals surface area contributed by atoms with Crippen molar-refractivity contribution in [3.05, 3.63) is 89.5 Å². The number of nitrogens with zero attached hydrogens (tertiary/aromatic N) is 2. The average molecular weight is 444 g/mol. The highest BCUT2D eigenvalue weighted by molar-refractivity contribution is 7.22. The fourth-order valence-corrected chi connectivity index (χ4v) is 4.74. The second kappa shape index (κ2) is 8.80. The Morgan fingerprint density at radius 2 is 1.84 bits per heavy atom. The van der Waals surface area contributed by atoms with Crippen molar-refractivity contribution in [2.24, 2.45) is 0 Å². The molecule has 1 aromatic heterocycles. The third-order valence-corrected chi connectivity index (χ3v) is 6.35. The summed E-state index contributed by atoms with van der Waals surface area (Å²) >= 11 is 1.42. The van der Waals surface area contributed by atoms with Gasteiger partial charge in [0, 0.05) is 24.2 Å². The van der Waals surface area contributed by atoms with Gasteiger partial charge in [-0.05, 0) is 36.2 Å². The lowest BCUT2D eigenvalue weighted by Crippen LogP contribution is -2.37. The normalized spacial score (nSPS) is 13.1. The van der Waals surface area contributed by atoms with E-state index in [1.54, 1.807) is 6.07 Å². The Bertz CT molecular complexity index is 1250. The molecular weight excluding hydrogens is 422 g/mol. The molecule has 0 saturated heterocycles. The molecule has 3 aromatic carbocycles. The molecule has 32 heavy (non-hydrogen) atoms. The molecule has 1 aliphatic rings. The summed E-state index contributed by atoms with van der Waals surface area (Å²) in [7, 11) is 0. The first kappa shape index (κ1) is 20.2. The maximum Gasteiger partial charge on any atom is 0.264 e. The molecule has 0 bridgehead atoms. The second-order valence-electron chi connectivity index (χ2n) is 7.57. The second-order valence-corrected chi connectivity index (χ2v) is 8.60. The molecule has 0 radical (unpaired) electrons. The summed E-state index contributed by atoms with van der Waals surface area (Å²) in [6, 6.07) is 23.1. The molecule has 5 rings (SSSR count). The standard InChI is InChI=1S/C25H21N3O3S/c29-23(27-25-26-20-10-4-5-12-22(20)32-25)16-31-21-11-6-9-19-18(21)13-14-28(24(19)30)15-17-7-2-1-3-8-17/h1-12H,13-16H2,(H,26,27,29). The van der Waals surface area contributed by atoms with Gasteiger partial charge in [0.05, 0.1) is 10.2 Å². The molecule has 6 nitrogen and oxygen atoms in total. The molecule has 4 aromatic rings. The Morgan fingerprint density at radius 1 is 1.03 bits per heavy atom. The zero-order chi connectivity index (χ0) is 21.9. The van der Waals surface area contributed by atoms with Gasteiger partial charge in [-0.1, -0.05) is 59.9 Å². The third-order valence-electron chi connectivity index (χ3n) is 5.40. The summed E-state index contributed by atoms with van der Waals surface area (Å²) in [5.74, 6) is 0.281. The predicted octanol–water partition coefficient (Wildman–Crippen LogP) is 4.51. The van der Waals surface area contributed by atoms with E-state index in [4.69, 9.17) is 4.74 Å². The molecule has 0 aliphatic carbocycles. The van der Waals surface area contributed by atoms with Crippen molar-refractivity contribution in [2.45, 2.75) is 13.0 Å². The van der Waals surface area contributed by atoms with Crippen LogP contribution in [0.2, 0.25) is 0 Å². The number of benzene rings is 3. The van der Waals surface area contributed by atoms with Crippen LogP contribution in [-0.2, 0) is 17.8 Å². The van der Waals surface area contributed by atoms with E-state index >= 15 is 0 Å². The van der Waals surface area contributed by atoms with E-state index < -0.39 is 0 Å². The first-order valence-corrected chi connectivity index (χ1v) is 11.2. The topological polar surface area (TPSA) is 71.5 Å². The molecule has 0 saturated carbocycles. The van der Waals surface area contributed by atoms with Crippen LogP contribution < -0.4 is 10.1 Å². The first-order valence-electron chi connectivity index (χ1n) is 10.4. The zero-order valence-corrected chi connectivity index (χ0v) is 18.1. The Morgan fingerprint density at radius 3 is 2.69 bits per heavy atom. The number of anilines is 1. The Balaban J connectivity index is 1.25. The summed E-state index contributed by atoms with van der Waals surface area (Å²) in [5.41, 5.74) is 3.44. The van der Waals surface area contributed by atoms with Gasteiger partial charge in [-0.3, -0.25) is 14.9 Å². The highest BCUT2D eigenvalue weighted by Gasteiger charge is 2.26. The van der Waals surface area contributed by atoms with Crippen molar-refractivity contribution in [3.8, 4) is 5.75 Å². The van der Waals surface area contributed by atoms with Gasteiger partial charge in [0.1, 0.15) is 5.75 Å². The summed E-state index contributed by atoms with van der Waals surface area (Å²) in [6.45, 7) is 1.04. The zero-order valence-electron chi connectivity index (χ0n) is 17.3. The van der Waals surface area contributed by atoms with Gasteiger partial charge in [-0.25, -0.2) is 4.98 Å². The van der Waals surface area contributed by atoms with Crippen molar-refractivity contribution >= 4 is 38.5 Å². The number of hydrogen-bond acceptors (Lipinski definition) is 5. The van der Waals surface area contributed by atoms with Crippen molar-refractivity contribution in [3.63, 3.8) is 0 Å². The molecule has 160 valence electrons. The molecule has 7 heteroatoms. The van der Waals surface area contributed by atoms with Crippen LogP contribution in [0.1, 0.15) is 21.5 Å². The number of rotatable bonds is 6. The number of fused-ring (bicyclic) bond motifs is 2. The minimum Gasteiger partial charge on any atom is -0.483 e. The van der Waals surface area contributed by atoms with E-state index in [1.807, 2.05) is 71.6 Å². The van der Waals surface area contributed by atoms with Gasteiger partial charge >= 0.3 is 0 Å². The van der Waals surface area contributed by atoms with Crippen molar-refractivity contribution in [1.29, 1.82) is 0 Å². The lowest BCUT2D eigenvalue weighted by Gasteiger charge is -2.29. The quantitative estimate of drug-likeness (QED) is 0.476. The number of hydrogen-bond donors (Lipinski definition) is 1. The fourth-order valence-electron chi connectivity index (χ4n) is 3.86. The van der Waals surface area contributed by atoms with Crippen molar-refractivity contribution in [1.82, 2.24) is 9.88 Å². The van der Waals surface area contributed by atoms with Gasteiger partial charge < -0.3 is 9.64 Å². The van der Waals surface area contributed by atoms with E-state index in [0.29, 0.717) is 36.0 Å². The first-order chi connectivity index (χ1) is 15.7. The third kappa shape index (κ3) is 4.20. The molecular formula is C25H21N3O3S. The molecule has 2 amide bonds. The number of thiazole rings is 1. The van der Waals surface area contributed by atoms with Crippen molar-refractivity contribution < 1.29 is 14.3 Å². The van der Waals surface area contributed by atoms with Crippen LogP contribution in [0.25, 0.3) is 10.2 Å². The number of ether oxygens (including phenoxy) is 1. The maximum absolute atomic E-state index is 13.0. The van der Waals surface area contributed by atoms with Crippen LogP contribution in [0.4, 0.5) is 5.13 Å². The highest BCUT2D eigenvalue weighted by atomic mass is 32.1. The molecule has 0 unspecified atom stereocenters. The molecule has 1 aliphatic heterocycles. The Labute approximate surface area is 189 Å². The monoisotopic (exact) mass is 443 g/mol. The van der Waals surface area contributed by atoms with Gasteiger partial charge in [0.25, 0.3) is 11.8 Å². The van der Waals surface area contributed by atoms with Gasteiger partial charge in [0.15, 0.2) is 11.7 Å². The molecule has 2 heterocycles. The van der Waals surface area contributed by atoms with Crippen molar-refractivity contribution in [2.75, 3.05) is 18.5 Å². The maximum atomic E-state index is 13.0. The van der Waals surface area contributed by atoms with E-state index in [9.17, 15) is 9.59 Å². The molecule has 0 spiro atoms. The van der Waals surface area contributed by atoms with Crippen LogP contribution in [0.15, 0.2) is 72.8 Å². The SMILES string of the molecule is O=C(COc1cccc2c1CCN(Cc1ccccc1)C2=O)Nc1nc2ccccc2s1. The van der Waals surface area contributed by atoms with Gasteiger partial charge in [0.2, 0.25) is 0 Å². The largest absolute Gasteiger partial charge is 0.483 e. The lowest BCUT2D eigenvalue weighted by atomic mass is 9.97. The number of nitrogens with one attached hydrogen (secondary N) is 1. The summed E-state index contributed by atoms with van der Waals surface area (Å²) in [6.07, 6.45) is 0.684. The summed E-state index contributed by atoms with van der Waals surface area (Å²) < 4.78 is 6.82. The Hall–Kier alpha value is -3.71. The van der Waals surface area contributed by atoms with Gasteiger partial charge in [-0.2, -0.15) is 0 Å². The number of aromatic nitrogens is 1. The lowest BCUT2D eigenvalue weighted by molar-refractivity contribution is -0.118. The average Bonchev–Trinajstić information content (AvgIpc) is 3.22. The minimum atomic E-state index is -0.283. The molecule has 0 atom stereocenters. The van der Waals surface area contributed by atoms with E-state index in [0.717, 1.165) is 21.3 Å². The number of amides is 2. The molecule has 1 N–H and O–H groups in total. The number of carbonyl (C=O) groups is 2. The predicted molar refractivity (Wildman–Crippen MR) is 125 cm³/mol. The number of carbonyl (C=O) groups excluding carboxylic acids is 2. The van der Waals surface area contributed by atoms with Crippen LogP contribution in [0.3, 0.4) is 0 Å². The fraction of sp³-hybridized carbons (Fsp3) is 0.160. The van der Waals surface area contributed by atoms with Crippen LogP contribution in [-0.4, -0.2) is 34.8 Å². The Kier molecular flexibility index (Phi) is 5.56. The van der Waals surface area contributed by atoms with Crippen LogP contribution in [0, 0.1) is 0 Å². The van der Waals surface area contributed by atoms with E-state index in [1.165, 1.54) is 11.3 Å². The molecule has 0 fully saturated rings. The van der Waals surface area contributed by atoms with E-state index in [2.05, 4.69) is 10.3 Å². The smallest absolute Gasteiger partial charge is 0.264 e. The minimum absolute atomic E-state index is 0.0144. The van der Waals surface area contributed by atoms with Gasteiger partial charge in [-0.15, -0.1) is 0 Å².